The fraction of sp³-hybridized carbons (Fsp3) is 0.154. The van der Waals surface area contributed by atoms with Gasteiger partial charge in [-0.2, -0.15) is 0 Å². The van der Waals surface area contributed by atoms with E-state index in [1.807, 2.05) is 35.7 Å². The summed E-state index contributed by atoms with van der Waals surface area (Å²) < 4.78 is 6.77. The van der Waals surface area contributed by atoms with Gasteiger partial charge in [0.1, 0.15) is 12.4 Å². The molecule has 18 heavy (non-hydrogen) atoms. The van der Waals surface area contributed by atoms with E-state index in [2.05, 4.69) is 15.9 Å². The Hall–Kier alpha value is -1.33. The zero-order chi connectivity index (χ0) is 13.0. The van der Waals surface area contributed by atoms with Gasteiger partial charge in [-0.25, -0.2) is 0 Å². The molecule has 2 aromatic rings. The van der Waals surface area contributed by atoms with Gasteiger partial charge in [0, 0.05) is 10.9 Å². The second kappa shape index (κ2) is 6.02. The number of benzene rings is 1. The smallest absolute Gasteiger partial charge is 0.124 e. The normalized spacial score (nSPS) is 10.3. The molecule has 0 spiro atoms. The lowest BCUT2D eigenvalue weighted by Crippen LogP contribution is -2.12. The minimum absolute atomic E-state index is 0.172. The maximum atomic E-state index is 7.23. The number of hydrogen-bond donors (Lipinski definition) is 2. The molecular weight excluding hydrogens is 312 g/mol. The van der Waals surface area contributed by atoms with Crippen molar-refractivity contribution in [3.05, 3.63) is 50.6 Å². The van der Waals surface area contributed by atoms with Crippen LogP contribution >= 0.6 is 27.3 Å². The Morgan fingerprint density at radius 2 is 2.00 bits per heavy atom. The van der Waals surface area contributed by atoms with Crippen LogP contribution in [-0.2, 0) is 13.0 Å². The zero-order valence-electron chi connectivity index (χ0n) is 9.65. The van der Waals surface area contributed by atoms with Crippen LogP contribution in [0.4, 0.5) is 0 Å². The van der Waals surface area contributed by atoms with Gasteiger partial charge >= 0.3 is 0 Å². The van der Waals surface area contributed by atoms with Crippen LogP contribution in [0.25, 0.3) is 0 Å². The summed E-state index contributed by atoms with van der Waals surface area (Å²) in [5.41, 5.74) is 6.37. The Kier molecular flexibility index (Phi) is 4.38. The third kappa shape index (κ3) is 3.58. The molecule has 1 aromatic carbocycles. The first-order valence-corrected chi connectivity index (χ1v) is 7.09. The molecule has 1 aromatic heterocycles. The van der Waals surface area contributed by atoms with Crippen LogP contribution in [0, 0.1) is 5.41 Å². The van der Waals surface area contributed by atoms with Crippen LogP contribution in [0.2, 0.25) is 0 Å². The van der Waals surface area contributed by atoms with Gasteiger partial charge in [-0.15, -0.1) is 11.3 Å². The molecule has 0 bridgehead atoms. The first-order chi connectivity index (χ1) is 8.65. The number of rotatable bonds is 5. The number of hydrogen-bond acceptors (Lipinski definition) is 3. The van der Waals surface area contributed by atoms with E-state index in [-0.39, 0.29) is 5.84 Å². The zero-order valence-corrected chi connectivity index (χ0v) is 12.1. The third-order valence-electron chi connectivity index (χ3n) is 2.38. The monoisotopic (exact) mass is 324 g/mol. The molecule has 0 atom stereocenters. The summed E-state index contributed by atoms with van der Waals surface area (Å²) in [5.74, 6) is 0.994. The Labute approximate surface area is 118 Å². The average Bonchev–Trinajstić information content (AvgIpc) is 2.73. The Morgan fingerprint density at radius 3 is 2.56 bits per heavy atom. The van der Waals surface area contributed by atoms with Gasteiger partial charge in [0.25, 0.3) is 0 Å². The largest absolute Gasteiger partial charge is 0.488 e. The summed E-state index contributed by atoms with van der Waals surface area (Å²) in [4.78, 5) is 1.17. The lowest BCUT2D eigenvalue weighted by atomic mass is 10.1. The molecule has 0 aliphatic rings. The highest BCUT2D eigenvalue weighted by Gasteiger charge is 2.02. The Bertz CT molecular complexity index is 536. The molecule has 94 valence electrons. The van der Waals surface area contributed by atoms with Crippen molar-refractivity contribution in [2.75, 3.05) is 0 Å². The second-order valence-corrected chi connectivity index (χ2v) is 5.68. The summed E-state index contributed by atoms with van der Waals surface area (Å²) in [5, 5.41) is 9.25. The van der Waals surface area contributed by atoms with Crippen molar-refractivity contribution < 1.29 is 4.74 Å². The standard InChI is InChI=1S/C13H13BrN2OS/c14-11-5-6-18-12(11)8-17-10-3-1-9(2-4-10)7-13(15)16/h1-6H,7-8H2,(H3,15,16). The molecule has 0 saturated carbocycles. The van der Waals surface area contributed by atoms with Gasteiger partial charge in [0.15, 0.2) is 0 Å². The van der Waals surface area contributed by atoms with Crippen LogP contribution in [0.5, 0.6) is 5.75 Å². The van der Waals surface area contributed by atoms with E-state index in [0.717, 1.165) is 15.8 Å². The van der Waals surface area contributed by atoms with Gasteiger partial charge in [-0.05, 0) is 45.1 Å². The van der Waals surface area contributed by atoms with Crippen molar-refractivity contribution in [3.63, 3.8) is 0 Å². The number of nitrogens with one attached hydrogen (secondary N) is 1. The molecule has 5 heteroatoms. The van der Waals surface area contributed by atoms with Gasteiger partial charge in [-0.1, -0.05) is 12.1 Å². The van der Waals surface area contributed by atoms with E-state index in [4.69, 9.17) is 15.9 Å². The van der Waals surface area contributed by atoms with Crippen LogP contribution in [0.1, 0.15) is 10.4 Å². The lowest BCUT2D eigenvalue weighted by Gasteiger charge is -2.06. The quantitative estimate of drug-likeness (QED) is 0.652. The minimum Gasteiger partial charge on any atom is -0.488 e. The van der Waals surface area contributed by atoms with Gasteiger partial charge in [0.05, 0.1) is 10.7 Å². The summed E-state index contributed by atoms with van der Waals surface area (Å²) in [6.07, 6.45) is 0.483. The first kappa shape index (κ1) is 13.1. The predicted octanol–water partition coefficient (Wildman–Crippen LogP) is 3.57. The topological polar surface area (TPSA) is 59.1 Å². The molecule has 0 saturated heterocycles. The van der Waals surface area contributed by atoms with E-state index in [1.165, 1.54) is 4.88 Å². The number of halogens is 1. The van der Waals surface area contributed by atoms with E-state index >= 15 is 0 Å². The van der Waals surface area contributed by atoms with Crippen molar-refractivity contribution in [2.24, 2.45) is 5.73 Å². The SMILES string of the molecule is N=C(N)Cc1ccc(OCc2sccc2Br)cc1. The summed E-state index contributed by atoms with van der Waals surface area (Å²) in [7, 11) is 0. The molecule has 2 rings (SSSR count). The third-order valence-corrected chi connectivity index (χ3v) is 4.28. The Balaban J connectivity index is 1.94. The highest BCUT2D eigenvalue weighted by molar-refractivity contribution is 9.10. The number of nitrogens with two attached hydrogens (primary N) is 1. The summed E-state index contributed by atoms with van der Waals surface area (Å²) in [6, 6.07) is 9.68. The van der Waals surface area contributed by atoms with E-state index in [0.29, 0.717) is 13.0 Å². The molecule has 0 unspecified atom stereocenters. The van der Waals surface area contributed by atoms with E-state index in [1.54, 1.807) is 11.3 Å². The van der Waals surface area contributed by atoms with Gasteiger partial charge in [0.2, 0.25) is 0 Å². The van der Waals surface area contributed by atoms with Crippen LogP contribution in [-0.4, -0.2) is 5.84 Å². The fourth-order valence-electron chi connectivity index (χ4n) is 1.50. The highest BCUT2D eigenvalue weighted by atomic mass is 79.9. The van der Waals surface area contributed by atoms with Crippen molar-refractivity contribution >= 4 is 33.1 Å². The lowest BCUT2D eigenvalue weighted by molar-refractivity contribution is 0.309. The van der Waals surface area contributed by atoms with E-state index in [9.17, 15) is 0 Å². The second-order valence-electron chi connectivity index (χ2n) is 3.83. The van der Waals surface area contributed by atoms with Crippen molar-refractivity contribution in [1.82, 2.24) is 0 Å². The first-order valence-electron chi connectivity index (χ1n) is 5.41. The average molecular weight is 325 g/mol. The van der Waals surface area contributed by atoms with E-state index < -0.39 is 0 Å². The van der Waals surface area contributed by atoms with Crippen LogP contribution < -0.4 is 10.5 Å². The molecule has 0 fully saturated rings. The fourth-order valence-corrected chi connectivity index (χ4v) is 2.88. The number of ether oxygens (including phenoxy) is 1. The van der Waals surface area contributed by atoms with Crippen LogP contribution in [0.3, 0.4) is 0 Å². The molecule has 0 amide bonds. The molecule has 0 aliphatic carbocycles. The van der Waals surface area contributed by atoms with Crippen molar-refractivity contribution in [2.45, 2.75) is 13.0 Å². The summed E-state index contributed by atoms with van der Waals surface area (Å²) >= 11 is 5.14. The number of thiophene rings is 1. The van der Waals surface area contributed by atoms with Crippen molar-refractivity contribution in [1.29, 1.82) is 5.41 Å². The number of amidine groups is 1. The molecule has 0 radical (unpaired) electrons. The molecular formula is C13H13BrN2OS. The maximum Gasteiger partial charge on any atom is 0.124 e. The maximum absolute atomic E-state index is 7.23. The molecule has 3 N–H and O–H groups in total. The summed E-state index contributed by atoms with van der Waals surface area (Å²) in [6.45, 7) is 0.560. The Morgan fingerprint density at radius 1 is 1.28 bits per heavy atom. The van der Waals surface area contributed by atoms with Gasteiger partial charge < -0.3 is 10.5 Å². The van der Waals surface area contributed by atoms with Gasteiger partial charge in [-0.3, -0.25) is 5.41 Å². The van der Waals surface area contributed by atoms with Crippen molar-refractivity contribution in [3.8, 4) is 5.75 Å². The minimum atomic E-state index is 0.172. The highest BCUT2D eigenvalue weighted by Crippen LogP contribution is 2.24. The van der Waals surface area contributed by atoms with Crippen LogP contribution in [0.15, 0.2) is 40.2 Å². The molecule has 3 nitrogen and oxygen atoms in total. The predicted molar refractivity (Wildman–Crippen MR) is 78.4 cm³/mol. The molecule has 1 heterocycles. The molecule has 0 aliphatic heterocycles.